The average Bonchev–Trinajstić information content (AvgIpc) is 2.91. The summed E-state index contributed by atoms with van der Waals surface area (Å²) in [5.41, 5.74) is 0.685. The van der Waals surface area contributed by atoms with Crippen LogP contribution in [0.3, 0.4) is 0 Å². The lowest BCUT2D eigenvalue weighted by molar-refractivity contribution is -0.186. The van der Waals surface area contributed by atoms with E-state index in [1.54, 1.807) is 6.92 Å². The van der Waals surface area contributed by atoms with Crippen LogP contribution in [0.25, 0.3) is 0 Å². The Morgan fingerprint density at radius 2 is 1.58 bits per heavy atom. The molecular weight excluding hydrogens is 236 g/mol. The molecule has 4 rings (SSSR count). The zero-order chi connectivity index (χ0) is 13.5. The third kappa shape index (κ3) is 2.04. The van der Waals surface area contributed by atoms with Crippen molar-refractivity contribution in [1.29, 1.82) is 0 Å². The summed E-state index contributed by atoms with van der Waals surface area (Å²) < 4.78 is 6.08. The maximum absolute atomic E-state index is 12.1. The molecule has 0 spiro atoms. The fourth-order valence-corrected chi connectivity index (χ4v) is 4.88. The Labute approximate surface area is 116 Å². The number of carbonyl (C=O) groups is 1. The minimum absolute atomic E-state index is 0.158. The van der Waals surface area contributed by atoms with Gasteiger partial charge in [-0.05, 0) is 77.0 Å². The molecule has 2 bridgehead atoms. The third-order valence-corrected chi connectivity index (χ3v) is 6.11. The highest BCUT2D eigenvalue weighted by molar-refractivity contribution is 5.87. The normalized spacial score (nSPS) is 36.2. The molecular formula is C17H26O2. The highest BCUT2D eigenvalue weighted by atomic mass is 16.6. The van der Waals surface area contributed by atoms with Crippen molar-refractivity contribution in [2.45, 2.75) is 76.7 Å². The van der Waals surface area contributed by atoms with Crippen molar-refractivity contribution in [2.75, 3.05) is 0 Å². The van der Waals surface area contributed by atoms with Gasteiger partial charge in [-0.2, -0.15) is 0 Å². The first-order valence-corrected chi connectivity index (χ1v) is 7.96. The fourth-order valence-electron chi connectivity index (χ4n) is 4.88. The van der Waals surface area contributed by atoms with Crippen LogP contribution in [0, 0.1) is 11.3 Å². The topological polar surface area (TPSA) is 26.3 Å². The first kappa shape index (κ1) is 13.2. The molecule has 0 radical (unpaired) electrons. The van der Waals surface area contributed by atoms with Gasteiger partial charge in [0.25, 0.3) is 0 Å². The SMILES string of the molecule is C=C(C)C(=O)OC1(C23CCC(CC2)CC3)CCCC1. The lowest BCUT2D eigenvalue weighted by Gasteiger charge is -2.55. The summed E-state index contributed by atoms with van der Waals surface area (Å²) in [6.45, 7) is 5.52. The monoisotopic (exact) mass is 262 g/mol. The van der Waals surface area contributed by atoms with Crippen LogP contribution in [-0.4, -0.2) is 11.6 Å². The lowest BCUT2D eigenvalue weighted by atomic mass is 9.53. The van der Waals surface area contributed by atoms with Crippen LogP contribution in [-0.2, 0) is 9.53 Å². The van der Waals surface area contributed by atoms with Crippen LogP contribution in [0.4, 0.5) is 0 Å². The van der Waals surface area contributed by atoms with Crippen molar-refractivity contribution in [1.82, 2.24) is 0 Å². The molecule has 4 aliphatic rings. The van der Waals surface area contributed by atoms with Gasteiger partial charge in [-0.1, -0.05) is 6.58 Å². The van der Waals surface area contributed by atoms with E-state index < -0.39 is 0 Å². The Morgan fingerprint density at radius 1 is 1.05 bits per heavy atom. The summed E-state index contributed by atoms with van der Waals surface area (Å²) in [7, 11) is 0. The van der Waals surface area contributed by atoms with Gasteiger partial charge in [-0.3, -0.25) is 0 Å². The summed E-state index contributed by atoms with van der Waals surface area (Å²) in [5, 5.41) is 0. The van der Waals surface area contributed by atoms with Crippen molar-refractivity contribution in [3.8, 4) is 0 Å². The van der Waals surface area contributed by atoms with Crippen molar-refractivity contribution in [3.63, 3.8) is 0 Å². The number of rotatable bonds is 3. The van der Waals surface area contributed by atoms with E-state index >= 15 is 0 Å². The van der Waals surface area contributed by atoms with Gasteiger partial charge in [-0.25, -0.2) is 4.79 Å². The Bertz CT molecular complexity index is 368. The van der Waals surface area contributed by atoms with Crippen molar-refractivity contribution in [2.24, 2.45) is 11.3 Å². The summed E-state index contributed by atoms with van der Waals surface area (Å²) in [4.78, 5) is 12.1. The first-order valence-electron chi connectivity index (χ1n) is 7.96. The first-order chi connectivity index (χ1) is 9.07. The Morgan fingerprint density at radius 3 is 2.05 bits per heavy atom. The molecule has 2 heteroatoms. The highest BCUT2D eigenvalue weighted by Crippen LogP contribution is 2.61. The van der Waals surface area contributed by atoms with Gasteiger partial charge in [0.05, 0.1) is 0 Å². The van der Waals surface area contributed by atoms with Crippen molar-refractivity contribution in [3.05, 3.63) is 12.2 Å². The molecule has 4 saturated carbocycles. The maximum atomic E-state index is 12.1. The number of esters is 1. The second-order valence-corrected chi connectivity index (χ2v) is 7.13. The molecule has 0 heterocycles. The van der Waals surface area contributed by atoms with Gasteiger partial charge < -0.3 is 4.74 Å². The molecule has 0 aromatic carbocycles. The number of hydrogen-bond acceptors (Lipinski definition) is 2. The van der Waals surface area contributed by atoms with Crippen LogP contribution < -0.4 is 0 Å². The summed E-state index contributed by atoms with van der Waals surface area (Å²) in [6, 6.07) is 0. The van der Waals surface area contributed by atoms with E-state index in [4.69, 9.17) is 4.74 Å². The van der Waals surface area contributed by atoms with Gasteiger partial charge in [0, 0.05) is 11.0 Å². The minimum atomic E-state index is -0.163. The van der Waals surface area contributed by atoms with E-state index in [0.29, 0.717) is 11.0 Å². The predicted octanol–water partition coefficient (Wildman–Crippen LogP) is 4.39. The predicted molar refractivity (Wildman–Crippen MR) is 75.7 cm³/mol. The van der Waals surface area contributed by atoms with Crippen LogP contribution in [0.2, 0.25) is 0 Å². The molecule has 106 valence electrons. The Balaban J connectivity index is 1.87. The van der Waals surface area contributed by atoms with Gasteiger partial charge in [0.1, 0.15) is 5.60 Å². The maximum Gasteiger partial charge on any atom is 0.333 e. The molecule has 19 heavy (non-hydrogen) atoms. The quantitative estimate of drug-likeness (QED) is 0.557. The minimum Gasteiger partial charge on any atom is -0.455 e. The van der Waals surface area contributed by atoms with E-state index in [1.165, 1.54) is 51.4 Å². The van der Waals surface area contributed by atoms with Gasteiger partial charge in [0.15, 0.2) is 0 Å². The molecule has 0 amide bonds. The molecule has 0 aliphatic heterocycles. The van der Waals surface area contributed by atoms with E-state index in [-0.39, 0.29) is 11.6 Å². The molecule has 0 unspecified atom stereocenters. The lowest BCUT2D eigenvalue weighted by Crippen LogP contribution is -2.53. The largest absolute Gasteiger partial charge is 0.455 e. The van der Waals surface area contributed by atoms with Crippen molar-refractivity contribution < 1.29 is 9.53 Å². The summed E-state index contributed by atoms with van der Waals surface area (Å²) >= 11 is 0. The molecule has 2 nitrogen and oxygen atoms in total. The number of ether oxygens (including phenoxy) is 1. The summed E-state index contributed by atoms with van der Waals surface area (Å²) in [6.07, 6.45) is 12.5. The second-order valence-electron chi connectivity index (χ2n) is 7.13. The van der Waals surface area contributed by atoms with Gasteiger partial charge in [0.2, 0.25) is 0 Å². The zero-order valence-corrected chi connectivity index (χ0v) is 12.2. The van der Waals surface area contributed by atoms with E-state index in [9.17, 15) is 4.79 Å². The zero-order valence-electron chi connectivity index (χ0n) is 12.2. The second kappa shape index (κ2) is 4.64. The van der Waals surface area contributed by atoms with Gasteiger partial charge >= 0.3 is 5.97 Å². The van der Waals surface area contributed by atoms with Crippen LogP contribution in [0.1, 0.15) is 71.1 Å². The average molecular weight is 262 g/mol. The fraction of sp³-hybridized carbons (Fsp3) is 0.824. The van der Waals surface area contributed by atoms with Crippen LogP contribution in [0.5, 0.6) is 0 Å². The third-order valence-electron chi connectivity index (χ3n) is 6.11. The van der Waals surface area contributed by atoms with E-state index in [1.807, 2.05) is 0 Å². The van der Waals surface area contributed by atoms with Gasteiger partial charge in [-0.15, -0.1) is 0 Å². The number of fused-ring (bicyclic) bond motifs is 3. The van der Waals surface area contributed by atoms with Crippen molar-refractivity contribution >= 4 is 5.97 Å². The highest BCUT2D eigenvalue weighted by Gasteiger charge is 2.57. The Kier molecular flexibility index (Phi) is 3.23. The summed E-state index contributed by atoms with van der Waals surface area (Å²) in [5.74, 6) is 0.793. The van der Waals surface area contributed by atoms with Crippen LogP contribution >= 0.6 is 0 Å². The molecule has 0 saturated heterocycles. The standard InChI is InChI=1S/C17H26O2/c1-13(2)15(18)19-17(8-3-4-9-17)16-10-5-14(6-11-16)7-12-16/h14H,1,3-12H2,2H3. The molecule has 0 N–H and O–H groups in total. The Hall–Kier alpha value is -0.790. The molecule has 4 aliphatic carbocycles. The smallest absolute Gasteiger partial charge is 0.333 e. The molecule has 4 fully saturated rings. The molecule has 0 aromatic rings. The number of hydrogen-bond donors (Lipinski definition) is 0. The van der Waals surface area contributed by atoms with E-state index in [2.05, 4.69) is 6.58 Å². The van der Waals surface area contributed by atoms with E-state index in [0.717, 1.165) is 18.8 Å². The van der Waals surface area contributed by atoms with Crippen LogP contribution in [0.15, 0.2) is 12.2 Å². The molecule has 0 atom stereocenters. The molecule has 0 aromatic heterocycles. The number of carbonyl (C=O) groups excluding carboxylic acids is 1.